The first-order chi connectivity index (χ1) is 19.8. The first kappa shape index (κ1) is 27.6. The molecule has 0 bridgehead atoms. The molecular formula is C32H33N4O5+. The zero-order chi connectivity index (χ0) is 29.1. The minimum atomic E-state index is -0.590. The minimum Gasteiger partial charge on any atom is -0.496 e. The first-order valence-electron chi connectivity index (χ1n) is 13.5. The lowest BCUT2D eigenvalue weighted by molar-refractivity contribution is -0.360. The van der Waals surface area contributed by atoms with Gasteiger partial charge in [-0.2, -0.15) is 0 Å². The molecule has 3 aromatic rings. The molecule has 0 saturated heterocycles. The highest BCUT2D eigenvalue weighted by Crippen LogP contribution is 2.44. The molecule has 5 rings (SSSR count). The summed E-state index contributed by atoms with van der Waals surface area (Å²) in [4.78, 5) is 42.2. The molecule has 1 aliphatic heterocycles. The van der Waals surface area contributed by atoms with Crippen molar-refractivity contribution in [1.29, 1.82) is 0 Å². The molecule has 0 saturated carbocycles. The fraction of sp³-hybridized carbons (Fsp3) is 0.250. The number of hydrogen-bond donors (Lipinski definition) is 3. The molecule has 210 valence electrons. The van der Waals surface area contributed by atoms with E-state index in [0.717, 1.165) is 16.8 Å². The molecule has 2 amide bonds. The number of H-pyrrole nitrogens is 1. The van der Waals surface area contributed by atoms with E-state index in [2.05, 4.69) is 15.6 Å². The Labute approximate surface area is 238 Å². The first-order valence-corrected chi connectivity index (χ1v) is 13.5. The summed E-state index contributed by atoms with van der Waals surface area (Å²) in [5.41, 5.74) is 10.2. The summed E-state index contributed by atoms with van der Waals surface area (Å²) in [5, 5.41) is 6.31. The van der Waals surface area contributed by atoms with Crippen LogP contribution in [-0.2, 0) is 16.2 Å². The van der Waals surface area contributed by atoms with Gasteiger partial charge in [-0.1, -0.05) is 24.3 Å². The maximum atomic E-state index is 13.8. The molecular weight excluding hydrogens is 520 g/mol. The highest BCUT2D eigenvalue weighted by atomic mass is 16.5. The minimum absolute atomic E-state index is 0.0731. The number of aromatic nitrogens is 1. The van der Waals surface area contributed by atoms with Gasteiger partial charge in [-0.3, -0.25) is 9.59 Å². The van der Waals surface area contributed by atoms with E-state index in [0.29, 0.717) is 47.0 Å². The van der Waals surface area contributed by atoms with Gasteiger partial charge < -0.3 is 20.5 Å². The normalized spacial score (nSPS) is 18.1. The zero-order valence-corrected chi connectivity index (χ0v) is 23.2. The Balaban J connectivity index is 1.55. The van der Waals surface area contributed by atoms with Crippen LogP contribution < -0.4 is 30.8 Å². The number of anilines is 1. The number of pyridine rings is 1. The van der Waals surface area contributed by atoms with E-state index in [4.69, 9.17) is 15.2 Å². The molecule has 0 fully saturated rings. The molecule has 2 aromatic carbocycles. The lowest BCUT2D eigenvalue weighted by Gasteiger charge is -2.37. The van der Waals surface area contributed by atoms with Crippen molar-refractivity contribution in [3.05, 3.63) is 106 Å². The third kappa shape index (κ3) is 5.70. The second-order valence-electron chi connectivity index (χ2n) is 10.2. The van der Waals surface area contributed by atoms with Crippen LogP contribution in [0.1, 0.15) is 52.7 Å². The van der Waals surface area contributed by atoms with Gasteiger partial charge in [-0.25, -0.2) is 15.1 Å². The number of ketones is 1. The van der Waals surface area contributed by atoms with Gasteiger partial charge in [0.05, 0.1) is 30.4 Å². The number of primary amides is 1. The largest absolute Gasteiger partial charge is 0.496 e. The molecule has 2 heterocycles. The number of ether oxygens (including phenoxy) is 2. The van der Waals surface area contributed by atoms with Gasteiger partial charge in [0, 0.05) is 35.4 Å². The molecule has 2 aliphatic rings. The number of Topliss-reactive ketones (excluding diaryl/α,β-unsaturated/α-hetero) is 1. The van der Waals surface area contributed by atoms with Crippen molar-refractivity contribution in [3.63, 3.8) is 0 Å². The van der Waals surface area contributed by atoms with Gasteiger partial charge in [0.15, 0.2) is 0 Å². The van der Waals surface area contributed by atoms with Crippen molar-refractivity contribution in [2.24, 2.45) is 11.7 Å². The van der Waals surface area contributed by atoms with Gasteiger partial charge in [-0.05, 0) is 61.7 Å². The van der Waals surface area contributed by atoms with Crippen LogP contribution in [-0.4, -0.2) is 24.7 Å². The van der Waals surface area contributed by atoms with E-state index < -0.39 is 17.7 Å². The second-order valence-corrected chi connectivity index (χ2v) is 10.2. The Morgan fingerprint density at radius 1 is 1.07 bits per heavy atom. The number of para-hydroxylation sites is 1. The maximum Gasteiger partial charge on any atom is 0.337 e. The molecule has 0 spiro atoms. The molecule has 2 unspecified atom stereocenters. The Bertz CT molecular complexity index is 1590. The Kier molecular flexibility index (Phi) is 7.87. The molecule has 2 atom stereocenters. The second kappa shape index (κ2) is 11.7. The van der Waals surface area contributed by atoms with Crippen LogP contribution >= 0.6 is 0 Å². The van der Waals surface area contributed by atoms with Crippen molar-refractivity contribution in [1.82, 2.24) is 5.32 Å². The van der Waals surface area contributed by atoms with Gasteiger partial charge in [-0.15, -0.1) is 0 Å². The van der Waals surface area contributed by atoms with E-state index in [9.17, 15) is 14.4 Å². The number of carbonyl (C=O) groups excluding carboxylic acids is 3. The zero-order valence-electron chi connectivity index (χ0n) is 23.2. The number of hydrogen-bond acceptors (Lipinski definition) is 6. The molecule has 1 aromatic heterocycles. The predicted molar refractivity (Wildman–Crippen MR) is 153 cm³/mol. The highest BCUT2D eigenvalue weighted by molar-refractivity contribution is 6.06. The lowest BCUT2D eigenvalue weighted by Crippen LogP contribution is -2.41. The van der Waals surface area contributed by atoms with Gasteiger partial charge in [0.1, 0.15) is 23.9 Å². The fourth-order valence-electron chi connectivity index (χ4n) is 5.57. The maximum absolute atomic E-state index is 13.8. The number of carbonyl (C=O) groups is 3. The summed E-state index contributed by atoms with van der Waals surface area (Å²) in [6, 6.07) is 16.1. The Hall–Kier alpha value is -4.92. The number of fused-ring (bicyclic) bond motifs is 1. The average Bonchev–Trinajstić information content (AvgIpc) is 2.95. The van der Waals surface area contributed by atoms with E-state index in [1.165, 1.54) is 0 Å². The lowest BCUT2D eigenvalue weighted by atomic mass is 9.70. The Morgan fingerprint density at radius 2 is 1.88 bits per heavy atom. The molecule has 1 aliphatic carbocycles. The Morgan fingerprint density at radius 3 is 2.63 bits per heavy atom. The van der Waals surface area contributed by atoms with Crippen molar-refractivity contribution in [2.45, 2.75) is 39.2 Å². The molecule has 5 N–H and O–H groups in total. The molecule has 9 heteroatoms. The van der Waals surface area contributed by atoms with Crippen LogP contribution in [0.25, 0.3) is 0 Å². The number of aryl methyl sites for hydroxylation is 1. The third-order valence-corrected chi connectivity index (χ3v) is 7.47. The quantitative estimate of drug-likeness (QED) is 0.387. The summed E-state index contributed by atoms with van der Waals surface area (Å²) in [7, 11) is 1.56. The summed E-state index contributed by atoms with van der Waals surface area (Å²) < 4.78 is 11.6. The predicted octanol–water partition coefficient (Wildman–Crippen LogP) is 3.96. The number of nitrogens with one attached hydrogen (secondary N) is 3. The smallest absolute Gasteiger partial charge is 0.337 e. The van der Waals surface area contributed by atoms with Crippen LogP contribution in [0.2, 0.25) is 0 Å². The van der Waals surface area contributed by atoms with Gasteiger partial charge in [0.25, 0.3) is 11.7 Å². The number of aromatic amines is 1. The summed E-state index contributed by atoms with van der Waals surface area (Å²) in [6.45, 7) is 3.88. The van der Waals surface area contributed by atoms with Crippen molar-refractivity contribution in [3.8, 4) is 11.5 Å². The van der Waals surface area contributed by atoms with Crippen LogP contribution in [0.5, 0.6) is 11.5 Å². The molecule has 0 radical (unpaired) electrons. The van der Waals surface area contributed by atoms with Crippen LogP contribution in [0.3, 0.4) is 0 Å². The molecule has 41 heavy (non-hydrogen) atoms. The topological polar surface area (TPSA) is 134 Å². The van der Waals surface area contributed by atoms with Crippen LogP contribution in [0, 0.1) is 12.8 Å². The number of rotatable bonds is 8. The van der Waals surface area contributed by atoms with E-state index >= 15 is 0 Å². The number of methoxy groups -OCH3 is 1. The standard InChI is InChI=1S/C32H32N4O5/c1-18-13-14-34-27(15-18)36-32(39)28-19(2)35-23-8-6-9-24(37)30(23)29(28)20-11-12-25(40-3)21(16-20)17-41-26-10-5-4-7-22(26)31(33)38/h4-5,7-8,10-16,29-30,35H,6,9,17H2,1-3H3,(H2,33,38)(H,34,36,39)/p+1. The third-order valence-electron chi connectivity index (χ3n) is 7.47. The summed E-state index contributed by atoms with van der Waals surface area (Å²) in [5.74, 6) is -0.406. The summed E-state index contributed by atoms with van der Waals surface area (Å²) in [6.07, 6.45) is 4.86. The number of amides is 2. The number of allylic oxidation sites excluding steroid dienone is 3. The number of benzene rings is 2. The van der Waals surface area contributed by atoms with Crippen LogP contribution in [0.4, 0.5) is 5.82 Å². The highest BCUT2D eigenvalue weighted by Gasteiger charge is 2.44. The van der Waals surface area contributed by atoms with Gasteiger partial charge in [0.2, 0.25) is 0 Å². The fourth-order valence-corrected chi connectivity index (χ4v) is 5.57. The van der Waals surface area contributed by atoms with Crippen molar-refractivity contribution < 1.29 is 28.8 Å². The number of nitrogens with two attached hydrogens (primary N) is 1. The van der Waals surface area contributed by atoms with E-state index in [-0.39, 0.29) is 23.9 Å². The van der Waals surface area contributed by atoms with E-state index in [1.807, 2.05) is 50.3 Å². The summed E-state index contributed by atoms with van der Waals surface area (Å²) >= 11 is 0. The monoisotopic (exact) mass is 553 g/mol. The van der Waals surface area contributed by atoms with Crippen LogP contribution in [0.15, 0.2) is 83.8 Å². The van der Waals surface area contributed by atoms with E-state index in [1.54, 1.807) is 37.6 Å². The van der Waals surface area contributed by atoms with Gasteiger partial charge >= 0.3 is 5.91 Å². The SMILES string of the molecule is COc1ccc(C2C(C(=O)Nc3cc(C)cc[nH+]3)=C(C)NC3=CCCC(=O)C32)cc1COc1ccccc1C(N)=O. The molecule has 9 nitrogen and oxygen atoms in total. The average molecular weight is 554 g/mol. The van der Waals surface area contributed by atoms with Crippen molar-refractivity contribution in [2.75, 3.05) is 12.4 Å². The van der Waals surface area contributed by atoms with Crippen molar-refractivity contribution >= 4 is 23.4 Å².